The number of amides is 1. The van der Waals surface area contributed by atoms with Crippen LogP contribution in [0, 0.1) is 26.6 Å². The van der Waals surface area contributed by atoms with Crippen LogP contribution in [0.25, 0.3) is 0 Å². The fourth-order valence-corrected chi connectivity index (χ4v) is 4.81. The van der Waals surface area contributed by atoms with Crippen molar-refractivity contribution in [2.45, 2.75) is 32.1 Å². The first-order valence-corrected chi connectivity index (χ1v) is 11.8. The predicted molar refractivity (Wildman–Crippen MR) is 125 cm³/mol. The summed E-state index contributed by atoms with van der Waals surface area (Å²) in [4.78, 5) is 12.9. The summed E-state index contributed by atoms with van der Waals surface area (Å²) in [7, 11) is -3.96. The first kappa shape index (κ1) is 23.5. The zero-order valence-electron chi connectivity index (χ0n) is 18.4. The second-order valence-electron chi connectivity index (χ2n) is 7.77. The summed E-state index contributed by atoms with van der Waals surface area (Å²) >= 11 is 0. The van der Waals surface area contributed by atoms with Crippen LogP contribution in [0.4, 0.5) is 10.1 Å². The molecule has 0 aromatic heterocycles. The van der Waals surface area contributed by atoms with Gasteiger partial charge in [-0.3, -0.25) is 9.10 Å². The largest absolute Gasteiger partial charge is 0.354 e. The Balaban J connectivity index is 1.82. The van der Waals surface area contributed by atoms with E-state index in [9.17, 15) is 17.6 Å². The van der Waals surface area contributed by atoms with Crippen LogP contribution in [-0.4, -0.2) is 27.4 Å². The molecular formula is C25H27FN2O3S. The topological polar surface area (TPSA) is 66.5 Å². The van der Waals surface area contributed by atoms with E-state index < -0.39 is 15.9 Å². The molecule has 0 atom stereocenters. The summed E-state index contributed by atoms with van der Waals surface area (Å²) in [6.45, 7) is 5.60. The predicted octanol–water partition coefficient (Wildman–Crippen LogP) is 4.31. The number of hydrogen-bond donors (Lipinski definition) is 1. The van der Waals surface area contributed by atoms with E-state index >= 15 is 0 Å². The zero-order valence-corrected chi connectivity index (χ0v) is 19.2. The number of anilines is 1. The third-order valence-electron chi connectivity index (χ3n) is 5.39. The third kappa shape index (κ3) is 5.53. The third-order valence-corrected chi connectivity index (χ3v) is 7.16. The number of halogens is 1. The molecule has 5 nitrogen and oxygen atoms in total. The number of sulfonamides is 1. The number of carbonyl (C=O) groups is 1. The van der Waals surface area contributed by atoms with E-state index in [0.717, 1.165) is 26.6 Å². The molecule has 3 aromatic carbocycles. The molecule has 3 rings (SSSR count). The Bertz CT molecular complexity index is 1190. The maximum atomic E-state index is 13.5. The highest BCUT2D eigenvalue weighted by Crippen LogP contribution is 2.28. The van der Waals surface area contributed by atoms with Gasteiger partial charge in [0.25, 0.3) is 10.0 Å². The van der Waals surface area contributed by atoms with Crippen LogP contribution in [-0.2, 0) is 21.2 Å². The van der Waals surface area contributed by atoms with Gasteiger partial charge < -0.3 is 5.32 Å². The summed E-state index contributed by atoms with van der Waals surface area (Å²) in [5, 5.41) is 2.77. The van der Waals surface area contributed by atoms with Crippen molar-refractivity contribution in [2.24, 2.45) is 0 Å². The summed E-state index contributed by atoms with van der Waals surface area (Å²) in [5.74, 6) is -0.730. The van der Waals surface area contributed by atoms with Gasteiger partial charge in [0.15, 0.2) is 0 Å². The lowest BCUT2D eigenvalue weighted by Gasteiger charge is -2.26. The minimum atomic E-state index is -3.96. The molecule has 0 bridgehead atoms. The molecule has 0 fully saturated rings. The highest BCUT2D eigenvalue weighted by atomic mass is 32.2. The number of aryl methyl sites for hydroxylation is 2. The van der Waals surface area contributed by atoms with Gasteiger partial charge in [0.05, 0.1) is 10.6 Å². The quantitative estimate of drug-likeness (QED) is 0.552. The molecule has 3 aromatic rings. The Kier molecular flexibility index (Phi) is 7.30. The molecular weight excluding hydrogens is 427 g/mol. The maximum absolute atomic E-state index is 13.5. The van der Waals surface area contributed by atoms with Gasteiger partial charge in [0.2, 0.25) is 5.91 Å². The van der Waals surface area contributed by atoms with Crippen molar-refractivity contribution >= 4 is 21.6 Å². The molecule has 0 saturated carbocycles. The Labute approximate surface area is 188 Å². The van der Waals surface area contributed by atoms with Gasteiger partial charge in [-0.15, -0.1) is 0 Å². The molecule has 1 N–H and O–H groups in total. The van der Waals surface area contributed by atoms with Crippen LogP contribution in [0.5, 0.6) is 0 Å². The second-order valence-corrected chi connectivity index (χ2v) is 9.63. The van der Waals surface area contributed by atoms with Crippen LogP contribution in [0.15, 0.2) is 71.6 Å². The first-order valence-electron chi connectivity index (χ1n) is 10.4. The standard InChI is InChI=1S/C25H27FN2O3S/c1-18-7-13-23(14-8-18)32(30,31)28(24-6-4-5-19(2)20(24)3)17-25(29)27-16-15-21-9-11-22(26)12-10-21/h4-14H,15-17H2,1-3H3,(H,27,29). The molecule has 0 saturated heterocycles. The van der Waals surface area contributed by atoms with Crippen molar-refractivity contribution in [1.29, 1.82) is 0 Å². The Hall–Kier alpha value is -3.19. The molecule has 0 unspecified atom stereocenters. The lowest BCUT2D eigenvalue weighted by Crippen LogP contribution is -2.41. The first-order chi connectivity index (χ1) is 15.2. The molecule has 0 heterocycles. The highest BCUT2D eigenvalue weighted by Gasteiger charge is 2.28. The molecule has 32 heavy (non-hydrogen) atoms. The van der Waals surface area contributed by atoms with Crippen molar-refractivity contribution in [3.8, 4) is 0 Å². The smallest absolute Gasteiger partial charge is 0.264 e. The number of benzene rings is 3. The molecule has 168 valence electrons. The Morgan fingerprint density at radius 1 is 0.938 bits per heavy atom. The van der Waals surface area contributed by atoms with Gasteiger partial charge in [-0.05, 0) is 74.2 Å². The second kappa shape index (κ2) is 9.96. The lowest BCUT2D eigenvalue weighted by molar-refractivity contribution is -0.119. The van der Waals surface area contributed by atoms with Crippen LogP contribution in [0.1, 0.15) is 22.3 Å². The summed E-state index contributed by atoms with van der Waals surface area (Å²) in [6, 6.07) is 18.0. The average molecular weight is 455 g/mol. The Morgan fingerprint density at radius 2 is 1.59 bits per heavy atom. The Morgan fingerprint density at radius 3 is 2.25 bits per heavy atom. The van der Waals surface area contributed by atoms with E-state index in [1.54, 1.807) is 48.5 Å². The molecule has 1 amide bonds. The van der Waals surface area contributed by atoms with Crippen molar-refractivity contribution in [3.63, 3.8) is 0 Å². The van der Waals surface area contributed by atoms with Crippen molar-refractivity contribution in [2.75, 3.05) is 17.4 Å². The number of nitrogens with one attached hydrogen (secondary N) is 1. The van der Waals surface area contributed by atoms with Gasteiger partial charge in [0.1, 0.15) is 12.4 Å². The van der Waals surface area contributed by atoms with Crippen LogP contribution >= 0.6 is 0 Å². The minimum absolute atomic E-state index is 0.128. The van der Waals surface area contributed by atoms with Crippen molar-refractivity contribution in [1.82, 2.24) is 5.32 Å². The normalized spacial score (nSPS) is 11.2. The zero-order chi connectivity index (χ0) is 23.3. The average Bonchev–Trinajstić information content (AvgIpc) is 2.76. The van der Waals surface area contributed by atoms with E-state index in [0.29, 0.717) is 18.7 Å². The van der Waals surface area contributed by atoms with Gasteiger partial charge >= 0.3 is 0 Å². The summed E-state index contributed by atoms with van der Waals surface area (Å²) in [6.07, 6.45) is 0.514. The molecule has 0 aliphatic carbocycles. The SMILES string of the molecule is Cc1ccc(S(=O)(=O)N(CC(=O)NCCc2ccc(F)cc2)c2cccc(C)c2C)cc1. The van der Waals surface area contributed by atoms with Gasteiger partial charge in [-0.25, -0.2) is 12.8 Å². The molecule has 0 radical (unpaired) electrons. The molecule has 0 aliphatic heterocycles. The van der Waals surface area contributed by atoms with Crippen molar-refractivity contribution in [3.05, 3.63) is 94.8 Å². The van der Waals surface area contributed by atoms with Crippen LogP contribution < -0.4 is 9.62 Å². The fraction of sp³-hybridized carbons (Fsp3) is 0.240. The minimum Gasteiger partial charge on any atom is -0.354 e. The molecule has 0 aliphatic rings. The monoisotopic (exact) mass is 454 g/mol. The molecule has 0 spiro atoms. The number of carbonyl (C=O) groups excluding carboxylic acids is 1. The van der Waals surface area contributed by atoms with Gasteiger partial charge in [-0.2, -0.15) is 0 Å². The van der Waals surface area contributed by atoms with E-state index in [-0.39, 0.29) is 17.3 Å². The maximum Gasteiger partial charge on any atom is 0.264 e. The summed E-state index contributed by atoms with van der Waals surface area (Å²) < 4.78 is 41.2. The highest BCUT2D eigenvalue weighted by molar-refractivity contribution is 7.92. The van der Waals surface area contributed by atoms with E-state index in [2.05, 4.69) is 5.32 Å². The van der Waals surface area contributed by atoms with E-state index in [1.807, 2.05) is 26.8 Å². The molecule has 7 heteroatoms. The van der Waals surface area contributed by atoms with E-state index in [1.165, 1.54) is 12.1 Å². The lowest BCUT2D eigenvalue weighted by atomic mass is 10.1. The summed E-state index contributed by atoms with van der Waals surface area (Å²) in [5.41, 5.74) is 4.02. The number of rotatable bonds is 8. The number of nitrogens with zero attached hydrogens (tertiary/aromatic N) is 1. The van der Waals surface area contributed by atoms with E-state index in [4.69, 9.17) is 0 Å². The van der Waals surface area contributed by atoms with Gasteiger partial charge in [0, 0.05) is 6.54 Å². The van der Waals surface area contributed by atoms with Crippen LogP contribution in [0.2, 0.25) is 0 Å². The van der Waals surface area contributed by atoms with Crippen LogP contribution in [0.3, 0.4) is 0 Å². The van der Waals surface area contributed by atoms with Crippen molar-refractivity contribution < 1.29 is 17.6 Å². The van der Waals surface area contributed by atoms with Gasteiger partial charge in [-0.1, -0.05) is 42.0 Å². The number of hydrogen-bond acceptors (Lipinski definition) is 3. The fourth-order valence-electron chi connectivity index (χ4n) is 3.33.